The Morgan fingerprint density at radius 1 is 0.875 bits per heavy atom. The minimum absolute atomic E-state index is 0.487. The third-order valence-corrected chi connectivity index (χ3v) is 1.58. The average molecular weight is 223 g/mol. The van der Waals surface area contributed by atoms with Crippen LogP contribution in [0.25, 0.3) is 11.1 Å². The second kappa shape index (κ2) is 4.83. The van der Waals surface area contributed by atoms with Crippen LogP contribution < -0.4 is 4.65 Å². The molecule has 0 saturated carbocycles. The fraction of sp³-hybridized carbons (Fsp3) is 0. The Hall–Kier alpha value is -1.78. The molecule has 0 bridgehead atoms. The van der Waals surface area contributed by atoms with E-state index in [9.17, 15) is 0 Å². The second-order valence-electron chi connectivity index (χ2n) is 2.65. The first-order valence-corrected chi connectivity index (χ1v) is 4.21. The van der Waals surface area contributed by atoms with Crippen molar-refractivity contribution in [3.63, 3.8) is 0 Å². The van der Waals surface area contributed by atoms with Crippen molar-refractivity contribution in [3.05, 3.63) is 54.4 Å². The minimum atomic E-state index is -2.38. The molecule has 2 rings (SSSR count). The molecule has 0 aliphatic rings. The molecule has 2 N–H and O–H groups in total. The van der Waals surface area contributed by atoms with Crippen LogP contribution in [0.2, 0.25) is 0 Å². The Morgan fingerprint density at radius 3 is 2.00 bits per heavy atom. The molecule has 80 valence electrons. The normalized spacial score (nSPS) is 17.8. The molecule has 0 saturated heterocycles. The molecule has 0 aromatic heterocycles. The third kappa shape index (κ3) is 2.62. The quantitative estimate of drug-likeness (QED) is 0.778. The summed E-state index contributed by atoms with van der Waals surface area (Å²) < 4.78 is 74.7. The molecule has 0 atom stereocenters. The van der Waals surface area contributed by atoms with E-state index >= 15 is 0 Å². The second-order valence-corrected chi connectivity index (χ2v) is 2.65. The van der Waals surface area contributed by atoms with Gasteiger partial charge in [-0.3, -0.25) is 0 Å². The molecule has 4 heteroatoms. The van der Waals surface area contributed by atoms with Gasteiger partial charge in [0, 0.05) is 0 Å². The Balaban J connectivity index is 2.92. The van der Waals surface area contributed by atoms with Crippen LogP contribution >= 0.6 is 0 Å². The van der Waals surface area contributed by atoms with Crippen molar-refractivity contribution >= 4 is 7.32 Å². The van der Waals surface area contributed by atoms with Crippen molar-refractivity contribution in [2.45, 2.75) is 0 Å². The van der Waals surface area contributed by atoms with Crippen LogP contribution in [0.3, 0.4) is 0 Å². The van der Waals surface area contributed by atoms with Crippen LogP contribution in [0, 0.1) is 0 Å². The SMILES string of the molecule is [2H]c1c([2H])c([2H])c(-c2c([2H])c([2H])c(OB(O)O)c([2H])c2[2H])c([2H])c1[2H]. The summed E-state index contributed by atoms with van der Waals surface area (Å²) in [4.78, 5) is 0. The summed E-state index contributed by atoms with van der Waals surface area (Å²) in [6.45, 7) is 0. The highest BCUT2D eigenvalue weighted by Crippen LogP contribution is 2.21. The van der Waals surface area contributed by atoms with Gasteiger partial charge >= 0.3 is 7.32 Å². The minimum Gasteiger partial charge on any atom is -0.512 e. The standard InChI is InChI=1S/C12H11BO3/c14-13(15)16-12-8-6-11(7-9-12)10-4-2-1-3-5-10/h1-9,14-15H/i1D,2D,3D,4D,5D,6D,7D,8D,9D. The summed E-state index contributed by atoms with van der Waals surface area (Å²) in [5.41, 5.74) is -0.995. The number of rotatable bonds is 3. The lowest BCUT2D eigenvalue weighted by Crippen LogP contribution is -2.20. The predicted octanol–water partition coefficient (Wildman–Crippen LogP) is 1.70. The monoisotopic (exact) mass is 223 g/mol. The van der Waals surface area contributed by atoms with E-state index in [1.54, 1.807) is 0 Å². The van der Waals surface area contributed by atoms with Crippen LogP contribution in [0.15, 0.2) is 54.4 Å². The lowest BCUT2D eigenvalue weighted by molar-refractivity contribution is 0.288. The zero-order valence-electron chi connectivity index (χ0n) is 16.9. The summed E-state index contributed by atoms with van der Waals surface area (Å²) >= 11 is 0. The van der Waals surface area contributed by atoms with Gasteiger partial charge in [0.1, 0.15) is 5.75 Å². The highest BCUT2D eigenvalue weighted by atomic mass is 16.6. The van der Waals surface area contributed by atoms with Gasteiger partial charge in [0.05, 0.1) is 12.3 Å². The molecular weight excluding hydrogens is 203 g/mol. The van der Waals surface area contributed by atoms with E-state index in [0.717, 1.165) is 0 Å². The molecule has 0 unspecified atom stereocenters. The van der Waals surface area contributed by atoms with Gasteiger partial charge in [-0.25, -0.2) is 0 Å². The fourth-order valence-electron chi connectivity index (χ4n) is 0.965. The summed E-state index contributed by atoms with van der Waals surface area (Å²) in [6, 6.07) is -6.42. The fourth-order valence-corrected chi connectivity index (χ4v) is 0.965. The van der Waals surface area contributed by atoms with Gasteiger partial charge in [0.15, 0.2) is 0 Å². The predicted molar refractivity (Wildman–Crippen MR) is 62.7 cm³/mol. The van der Waals surface area contributed by atoms with Crippen LogP contribution in [-0.2, 0) is 0 Å². The highest BCUT2D eigenvalue weighted by Gasteiger charge is 2.10. The van der Waals surface area contributed by atoms with Crippen LogP contribution in [0.5, 0.6) is 5.75 Å². The van der Waals surface area contributed by atoms with Gasteiger partial charge in [-0.1, -0.05) is 42.3 Å². The van der Waals surface area contributed by atoms with Gasteiger partial charge in [-0.2, -0.15) is 0 Å². The molecule has 3 nitrogen and oxygen atoms in total. The maximum atomic E-state index is 8.83. The largest absolute Gasteiger partial charge is 0.707 e. The van der Waals surface area contributed by atoms with E-state index in [-0.39, 0.29) is 0 Å². The van der Waals surface area contributed by atoms with Crippen molar-refractivity contribution in [3.8, 4) is 16.9 Å². The van der Waals surface area contributed by atoms with Gasteiger partial charge in [0.2, 0.25) is 0 Å². The van der Waals surface area contributed by atoms with Crippen molar-refractivity contribution in [1.82, 2.24) is 0 Å². The van der Waals surface area contributed by atoms with Crippen molar-refractivity contribution < 1.29 is 27.0 Å². The molecule has 0 heterocycles. The Morgan fingerprint density at radius 2 is 1.44 bits per heavy atom. The van der Waals surface area contributed by atoms with Gasteiger partial charge < -0.3 is 14.7 Å². The summed E-state index contributed by atoms with van der Waals surface area (Å²) in [5, 5.41) is 17.7. The molecule has 0 aliphatic carbocycles. The molecule has 0 aliphatic heterocycles. The van der Waals surface area contributed by atoms with E-state index < -0.39 is 78.6 Å². The van der Waals surface area contributed by atoms with Crippen molar-refractivity contribution in [2.24, 2.45) is 0 Å². The number of benzene rings is 2. The lowest BCUT2D eigenvalue weighted by Gasteiger charge is -2.06. The zero-order chi connectivity index (χ0) is 19.2. The molecule has 0 fully saturated rings. The van der Waals surface area contributed by atoms with Gasteiger partial charge in [0.25, 0.3) is 0 Å². The van der Waals surface area contributed by atoms with Crippen LogP contribution in [0.4, 0.5) is 0 Å². The highest BCUT2D eigenvalue weighted by molar-refractivity contribution is 6.33. The molecule has 2 aromatic carbocycles. The van der Waals surface area contributed by atoms with Crippen LogP contribution in [-0.4, -0.2) is 17.4 Å². The van der Waals surface area contributed by atoms with E-state index in [4.69, 9.17) is 22.4 Å². The van der Waals surface area contributed by atoms with Crippen molar-refractivity contribution in [1.29, 1.82) is 0 Å². The van der Waals surface area contributed by atoms with E-state index in [1.807, 2.05) is 0 Å². The first kappa shape index (κ1) is 4.24. The third-order valence-electron chi connectivity index (χ3n) is 1.58. The zero-order valence-corrected chi connectivity index (χ0v) is 7.88. The molecule has 0 spiro atoms. The first-order chi connectivity index (χ1) is 11.5. The van der Waals surface area contributed by atoms with Gasteiger partial charge in [-0.15, -0.1) is 0 Å². The first-order valence-electron chi connectivity index (χ1n) is 8.71. The molecule has 0 amide bonds. The smallest absolute Gasteiger partial charge is 0.512 e. The topological polar surface area (TPSA) is 49.7 Å². The molecule has 16 heavy (non-hydrogen) atoms. The van der Waals surface area contributed by atoms with Crippen molar-refractivity contribution in [2.75, 3.05) is 0 Å². The van der Waals surface area contributed by atoms with E-state index in [2.05, 4.69) is 4.65 Å². The Kier molecular flexibility index (Phi) is 1.28. The summed E-state index contributed by atoms with van der Waals surface area (Å²) in [7, 11) is -2.38. The lowest BCUT2D eigenvalue weighted by atomic mass is 10.1. The maximum absolute atomic E-state index is 8.83. The van der Waals surface area contributed by atoms with E-state index in [0.29, 0.717) is 0 Å². The average Bonchev–Trinajstić information content (AvgIpc) is 2.56. The summed E-state index contributed by atoms with van der Waals surface area (Å²) in [6.07, 6.45) is 0. The molecular formula is C12H11BO3. The Bertz CT molecular complexity index is 814. The number of hydrogen-bond donors (Lipinski definition) is 2. The summed E-state index contributed by atoms with van der Waals surface area (Å²) in [5.74, 6) is -0.735. The number of hydrogen-bond acceptors (Lipinski definition) is 3. The Labute approximate surface area is 107 Å². The van der Waals surface area contributed by atoms with E-state index in [1.165, 1.54) is 0 Å². The van der Waals surface area contributed by atoms with Crippen LogP contribution in [0.1, 0.15) is 12.3 Å². The maximum Gasteiger partial charge on any atom is 0.707 e. The molecule has 2 aromatic rings. The van der Waals surface area contributed by atoms with Gasteiger partial charge in [-0.05, 0) is 23.2 Å². The molecule has 0 radical (unpaired) electrons.